The molecule has 0 aliphatic carbocycles. The van der Waals surface area contributed by atoms with Crippen LogP contribution in [0.3, 0.4) is 0 Å². The Balaban J connectivity index is 2.38. The Morgan fingerprint density at radius 2 is 2.06 bits per heavy atom. The molecule has 0 bridgehead atoms. The van der Waals surface area contributed by atoms with E-state index in [1.54, 1.807) is 0 Å². The van der Waals surface area contributed by atoms with Crippen molar-refractivity contribution in [3.8, 4) is 0 Å². The van der Waals surface area contributed by atoms with Gasteiger partial charge in [-0.3, -0.25) is 0 Å². The zero-order valence-electron chi connectivity index (χ0n) is 9.54. The van der Waals surface area contributed by atoms with E-state index in [4.69, 9.17) is 4.43 Å². The number of hydrogen-bond acceptors (Lipinski definition) is 1. The lowest BCUT2D eigenvalue weighted by Gasteiger charge is -2.22. The first kappa shape index (κ1) is 11.4. The Kier molecular flexibility index (Phi) is 3.75. The van der Waals surface area contributed by atoms with E-state index in [1.165, 1.54) is 35.2 Å². The van der Waals surface area contributed by atoms with Gasteiger partial charge in [0, 0.05) is 6.61 Å². The summed E-state index contributed by atoms with van der Waals surface area (Å²) in [6.45, 7) is 8.68. The first-order valence-electron chi connectivity index (χ1n) is 5.73. The van der Waals surface area contributed by atoms with Gasteiger partial charge in [-0.15, -0.1) is 0 Å². The molecule has 0 spiro atoms. The fourth-order valence-electron chi connectivity index (χ4n) is 2.10. The molecule has 83 valence electrons. The first-order chi connectivity index (χ1) is 7.86. The van der Waals surface area contributed by atoms with Crippen LogP contribution in [0.15, 0.2) is 31.4 Å². The molecule has 16 heavy (non-hydrogen) atoms. The summed E-state index contributed by atoms with van der Waals surface area (Å²) in [6, 6.07) is 7.57. The SMILES string of the molecule is C=Cc1cccc([Si]2CCCCO2)c1C=C. The quantitative estimate of drug-likeness (QED) is 0.724. The van der Waals surface area contributed by atoms with E-state index < -0.39 is 9.04 Å². The lowest BCUT2D eigenvalue weighted by molar-refractivity contribution is 0.294. The second kappa shape index (κ2) is 5.28. The molecule has 0 unspecified atom stereocenters. The Morgan fingerprint density at radius 1 is 1.19 bits per heavy atom. The molecule has 0 saturated carbocycles. The number of rotatable bonds is 3. The van der Waals surface area contributed by atoms with Crippen LogP contribution in [0.4, 0.5) is 0 Å². The predicted octanol–water partition coefficient (Wildman–Crippen LogP) is 2.98. The molecule has 0 N–H and O–H groups in total. The Hall–Kier alpha value is -1.12. The van der Waals surface area contributed by atoms with Gasteiger partial charge < -0.3 is 4.43 Å². The summed E-state index contributed by atoms with van der Waals surface area (Å²) < 4.78 is 5.93. The van der Waals surface area contributed by atoms with Crippen molar-refractivity contribution in [2.45, 2.75) is 18.9 Å². The molecule has 0 amide bonds. The second-order valence-corrected chi connectivity index (χ2v) is 6.12. The molecule has 1 nitrogen and oxygen atoms in total. The predicted molar refractivity (Wildman–Crippen MR) is 72.0 cm³/mol. The van der Waals surface area contributed by atoms with Crippen molar-refractivity contribution in [2.75, 3.05) is 6.61 Å². The monoisotopic (exact) mass is 229 g/mol. The van der Waals surface area contributed by atoms with Crippen molar-refractivity contribution in [1.82, 2.24) is 0 Å². The molecule has 1 saturated heterocycles. The van der Waals surface area contributed by atoms with Crippen LogP contribution in [0.2, 0.25) is 6.04 Å². The van der Waals surface area contributed by atoms with Gasteiger partial charge in [-0.05, 0) is 28.8 Å². The van der Waals surface area contributed by atoms with Crippen LogP contribution in [0.5, 0.6) is 0 Å². The Labute approximate surface area is 99.2 Å². The van der Waals surface area contributed by atoms with Crippen molar-refractivity contribution in [1.29, 1.82) is 0 Å². The summed E-state index contributed by atoms with van der Waals surface area (Å²) in [5.41, 5.74) is 2.38. The van der Waals surface area contributed by atoms with E-state index in [-0.39, 0.29) is 0 Å². The molecule has 1 radical (unpaired) electrons. The fourth-order valence-corrected chi connectivity index (χ4v) is 4.46. The van der Waals surface area contributed by atoms with Gasteiger partial charge >= 0.3 is 0 Å². The van der Waals surface area contributed by atoms with Crippen LogP contribution in [0.1, 0.15) is 24.0 Å². The molecule has 1 aromatic carbocycles. The summed E-state index contributed by atoms with van der Waals surface area (Å²) in [5.74, 6) is 0. The first-order valence-corrected chi connectivity index (χ1v) is 7.35. The molecule has 1 aliphatic rings. The minimum absolute atomic E-state index is 0.818. The van der Waals surface area contributed by atoms with E-state index in [0.717, 1.165) is 6.61 Å². The van der Waals surface area contributed by atoms with Crippen LogP contribution in [-0.2, 0) is 4.43 Å². The van der Waals surface area contributed by atoms with E-state index in [2.05, 4.69) is 31.4 Å². The van der Waals surface area contributed by atoms with Gasteiger partial charge in [0.1, 0.15) is 0 Å². The largest absolute Gasteiger partial charge is 0.412 e. The molecule has 0 aromatic heterocycles. The summed E-state index contributed by atoms with van der Waals surface area (Å²) in [4.78, 5) is 0. The zero-order chi connectivity index (χ0) is 11.4. The van der Waals surface area contributed by atoms with Gasteiger partial charge in [0.15, 0.2) is 0 Å². The molecular formula is C14H17OSi. The molecule has 1 aromatic rings. The van der Waals surface area contributed by atoms with Crippen LogP contribution in [0.25, 0.3) is 12.2 Å². The van der Waals surface area contributed by atoms with Gasteiger partial charge in [0.25, 0.3) is 0 Å². The number of benzene rings is 1. The molecular weight excluding hydrogens is 212 g/mol. The number of hydrogen-bond donors (Lipinski definition) is 0. The molecule has 2 heteroatoms. The van der Waals surface area contributed by atoms with Gasteiger partial charge in [0.2, 0.25) is 9.04 Å². The smallest absolute Gasteiger partial charge is 0.247 e. The van der Waals surface area contributed by atoms with Crippen molar-refractivity contribution in [3.63, 3.8) is 0 Å². The molecule has 1 fully saturated rings. The van der Waals surface area contributed by atoms with Crippen molar-refractivity contribution in [2.24, 2.45) is 0 Å². The van der Waals surface area contributed by atoms with Gasteiger partial charge in [0.05, 0.1) is 0 Å². The molecule has 2 rings (SSSR count). The average molecular weight is 229 g/mol. The van der Waals surface area contributed by atoms with E-state index >= 15 is 0 Å². The van der Waals surface area contributed by atoms with Crippen molar-refractivity contribution >= 4 is 26.4 Å². The van der Waals surface area contributed by atoms with E-state index in [1.807, 2.05) is 12.2 Å². The van der Waals surface area contributed by atoms with Crippen LogP contribution in [0, 0.1) is 0 Å². The maximum Gasteiger partial charge on any atom is 0.247 e. The minimum Gasteiger partial charge on any atom is -0.412 e. The van der Waals surface area contributed by atoms with Gasteiger partial charge in [-0.2, -0.15) is 0 Å². The normalized spacial score (nSPS) is 17.0. The molecule has 1 aliphatic heterocycles. The van der Waals surface area contributed by atoms with Crippen molar-refractivity contribution in [3.05, 3.63) is 42.5 Å². The maximum absolute atomic E-state index is 5.93. The summed E-state index contributed by atoms with van der Waals surface area (Å²) in [7, 11) is -0.818. The lowest BCUT2D eigenvalue weighted by Crippen LogP contribution is -2.38. The van der Waals surface area contributed by atoms with Gasteiger partial charge in [-0.25, -0.2) is 0 Å². The van der Waals surface area contributed by atoms with Crippen LogP contribution in [-0.4, -0.2) is 15.6 Å². The van der Waals surface area contributed by atoms with Crippen LogP contribution >= 0.6 is 0 Å². The third-order valence-electron chi connectivity index (χ3n) is 2.94. The average Bonchev–Trinajstić information content (AvgIpc) is 2.38. The molecule has 1 heterocycles. The maximum atomic E-state index is 5.93. The highest BCUT2D eigenvalue weighted by molar-refractivity contribution is 6.68. The summed E-state index contributed by atoms with van der Waals surface area (Å²) in [6.07, 6.45) is 6.33. The third kappa shape index (κ3) is 2.18. The van der Waals surface area contributed by atoms with E-state index in [9.17, 15) is 0 Å². The minimum atomic E-state index is -0.818. The van der Waals surface area contributed by atoms with E-state index in [0.29, 0.717) is 0 Å². The van der Waals surface area contributed by atoms with Gasteiger partial charge in [-0.1, -0.05) is 49.9 Å². The standard InChI is InChI=1S/C14H17OSi/c1-3-12-8-7-9-14(13(12)4-2)16-11-6-5-10-15-16/h3-4,7-9H,1-2,5-6,10-11H2. The Morgan fingerprint density at radius 3 is 2.69 bits per heavy atom. The topological polar surface area (TPSA) is 9.23 Å². The Bertz CT molecular complexity index is 392. The lowest BCUT2D eigenvalue weighted by atomic mass is 10.1. The molecule has 0 atom stereocenters. The highest BCUT2D eigenvalue weighted by atomic mass is 28.3. The highest BCUT2D eigenvalue weighted by Gasteiger charge is 2.22. The third-order valence-corrected chi connectivity index (χ3v) is 5.34. The highest BCUT2D eigenvalue weighted by Crippen LogP contribution is 2.16. The summed E-state index contributed by atoms with van der Waals surface area (Å²) >= 11 is 0. The van der Waals surface area contributed by atoms with Crippen molar-refractivity contribution < 1.29 is 4.43 Å². The van der Waals surface area contributed by atoms with Crippen LogP contribution < -0.4 is 5.19 Å². The summed E-state index contributed by atoms with van der Waals surface area (Å²) in [5, 5.41) is 1.36. The fraction of sp³-hybridized carbons (Fsp3) is 0.286. The zero-order valence-corrected chi connectivity index (χ0v) is 10.5. The second-order valence-electron chi connectivity index (χ2n) is 3.95.